The molecule has 1 unspecified atom stereocenters. The summed E-state index contributed by atoms with van der Waals surface area (Å²) in [5.74, 6) is -0.684. The van der Waals surface area contributed by atoms with Gasteiger partial charge in [-0.1, -0.05) is 16.8 Å². The highest BCUT2D eigenvalue weighted by Crippen LogP contribution is 2.32. The fourth-order valence-corrected chi connectivity index (χ4v) is 3.08. The number of carbonyl (C=O) groups is 1. The monoisotopic (exact) mass is 375 g/mol. The Morgan fingerprint density at radius 1 is 1.15 bits per heavy atom. The number of aromatic nitrogens is 2. The lowest BCUT2D eigenvalue weighted by atomic mass is 10.1. The lowest BCUT2D eigenvalue weighted by molar-refractivity contribution is -0.117. The van der Waals surface area contributed by atoms with E-state index >= 15 is 0 Å². The van der Waals surface area contributed by atoms with E-state index in [-0.39, 0.29) is 34.9 Å². The van der Waals surface area contributed by atoms with Gasteiger partial charge in [0.1, 0.15) is 11.6 Å². The number of benzene rings is 2. The first-order chi connectivity index (χ1) is 12.5. The van der Waals surface area contributed by atoms with Crippen LogP contribution in [0.25, 0.3) is 11.4 Å². The second-order valence-electron chi connectivity index (χ2n) is 5.97. The molecule has 2 heterocycles. The largest absolute Gasteiger partial charge is 0.339 e. The van der Waals surface area contributed by atoms with Gasteiger partial charge in [0.05, 0.1) is 10.9 Å². The predicted octanol–water partition coefficient (Wildman–Crippen LogP) is 4.19. The maximum atomic E-state index is 13.3. The third-order valence-corrected chi connectivity index (χ3v) is 4.52. The Labute approximate surface area is 152 Å². The van der Waals surface area contributed by atoms with E-state index in [4.69, 9.17) is 16.1 Å². The molecule has 0 saturated carbocycles. The minimum atomic E-state index is -0.532. The molecule has 0 N–H and O–H groups in total. The van der Waals surface area contributed by atoms with Crippen molar-refractivity contribution in [3.05, 3.63) is 65.0 Å². The van der Waals surface area contributed by atoms with Crippen LogP contribution in [0.4, 0.5) is 14.5 Å². The first-order valence-corrected chi connectivity index (χ1v) is 8.24. The zero-order valence-corrected chi connectivity index (χ0v) is 14.1. The van der Waals surface area contributed by atoms with Crippen molar-refractivity contribution >= 4 is 23.2 Å². The van der Waals surface area contributed by atoms with Gasteiger partial charge in [0, 0.05) is 24.2 Å². The highest BCUT2D eigenvalue weighted by molar-refractivity contribution is 6.31. The fraction of sp³-hybridized carbons (Fsp3) is 0.167. The summed E-state index contributed by atoms with van der Waals surface area (Å²) in [7, 11) is 0. The molecule has 1 fully saturated rings. The summed E-state index contributed by atoms with van der Waals surface area (Å²) in [5.41, 5.74) is 1.13. The molecule has 5 nitrogen and oxygen atoms in total. The minimum Gasteiger partial charge on any atom is -0.339 e. The van der Waals surface area contributed by atoms with E-state index in [0.717, 1.165) is 0 Å². The Morgan fingerprint density at radius 3 is 2.65 bits per heavy atom. The molecule has 0 radical (unpaired) electrons. The lowest BCUT2D eigenvalue weighted by Gasteiger charge is -2.15. The molecule has 132 valence electrons. The molecule has 0 bridgehead atoms. The number of anilines is 1. The number of nitrogens with zero attached hydrogens (tertiary/aromatic N) is 3. The smallest absolute Gasteiger partial charge is 0.232 e. The first-order valence-electron chi connectivity index (χ1n) is 7.86. The number of halogens is 3. The van der Waals surface area contributed by atoms with Crippen molar-refractivity contribution in [2.45, 2.75) is 12.3 Å². The number of rotatable bonds is 3. The molecule has 4 rings (SSSR count). The third-order valence-electron chi connectivity index (χ3n) is 4.23. The fourth-order valence-electron chi connectivity index (χ4n) is 2.90. The molecule has 0 spiro atoms. The van der Waals surface area contributed by atoms with Gasteiger partial charge in [-0.15, -0.1) is 0 Å². The van der Waals surface area contributed by atoms with Gasteiger partial charge in [0.25, 0.3) is 0 Å². The maximum absolute atomic E-state index is 13.3. The standard InChI is InChI=1S/C18H12ClF2N3O2/c19-14-7-10(1-6-15(14)21)17-22-18(26-23-17)11-8-16(25)24(9-11)13-4-2-12(20)3-5-13/h1-7,11H,8-9H2. The van der Waals surface area contributed by atoms with Gasteiger partial charge in [-0.2, -0.15) is 4.98 Å². The highest BCUT2D eigenvalue weighted by atomic mass is 35.5. The second-order valence-corrected chi connectivity index (χ2v) is 6.37. The van der Waals surface area contributed by atoms with Crippen molar-refractivity contribution < 1.29 is 18.1 Å². The molecule has 1 aliphatic heterocycles. The van der Waals surface area contributed by atoms with Gasteiger partial charge in [-0.05, 0) is 42.5 Å². The molecule has 1 aromatic heterocycles. The summed E-state index contributed by atoms with van der Waals surface area (Å²) < 4.78 is 31.6. The van der Waals surface area contributed by atoms with Crippen LogP contribution >= 0.6 is 11.6 Å². The molecule has 1 amide bonds. The number of hydrogen-bond donors (Lipinski definition) is 0. The van der Waals surface area contributed by atoms with Crippen LogP contribution in [0.2, 0.25) is 5.02 Å². The van der Waals surface area contributed by atoms with E-state index in [1.807, 2.05) is 0 Å². The molecule has 8 heteroatoms. The van der Waals surface area contributed by atoms with E-state index < -0.39 is 5.82 Å². The van der Waals surface area contributed by atoms with Crippen LogP contribution in [-0.4, -0.2) is 22.6 Å². The van der Waals surface area contributed by atoms with E-state index in [1.54, 1.807) is 17.0 Å². The van der Waals surface area contributed by atoms with Crippen molar-refractivity contribution in [2.75, 3.05) is 11.4 Å². The van der Waals surface area contributed by atoms with Crippen molar-refractivity contribution in [2.24, 2.45) is 0 Å². The minimum absolute atomic E-state index is 0.0348. The van der Waals surface area contributed by atoms with Gasteiger partial charge >= 0.3 is 0 Å². The van der Waals surface area contributed by atoms with Crippen molar-refractivity contribution in [1.82, 2.24) is 10.1 Å². The summed E-state index contributed by atoms with van der Waals surface area (Å²) in [6.07, 6.45) is 0.211. The average Bonchev–Trinajstić information content (AvgIpc) is 3.25. The van der Waals surface area contributed by atoms with Gasteiger partial charge in [0.15, 0.2) is 0 Å². The molecule has 1 aliphatic rings. The maximum Gasteiger partial charge on any atom is 0.232 e. The summed E-state index contributed by atoms with van der Waals surface area (Å²) in [4.78, 5) is 18.2. The van der Waals surface area contributed by atoms with Gasteiger partial charge in [0.2, 0.25) is 17.6 Å². The summed E-state index contributed by atoms with van der Waals surface area (Å²) in [6.45, 7) is 0.357. The number of hydrogen-bond acceptors (Lipinski definition) is 4. The molecule has 1 saturated heterocycles. The van der Waals surface area contributed by atoms with Gasteiger partial charge in [-0.3, -0.25) is 4.79 Å². The Hall–Kier alpha value is -2.80. The van der Waals surface area contributed by atoms with E-state index in [0.29, 0.717) is 23.7 Å². The quantitative estimate of drug-likeness (QED) is 0.688. The lowest BCUT2D eigenvalue weighted by Crippen LogP contribution is -2.24. The Balaban J connectivity index is 1.55. The molecule has 26 heavy (non-hydrogen) atoms. The zero-order valence-electron chi connectivity index (χ0n) is 13.3. The van der Waals surface area contributed by atoms with Crippen molar-refractivity contribution in [3.8, 4) is 11.4 Å². The van der Waals surface area contributed by atoms with Crippen LogP contribution in [0.5, 0.6) is 0 Å². The average molecular weight is 376 g/mol. The molecular weight excluding hydrogens is 364 g/mol. The van der Waals surface area contributed by atoms with Crippen molar-refractivity contribution in [3.63, 3.8) is 0 Å². The first kappa shape index (κ1) is 16.7. The second kappa shape index (κ2) is 6.49. The van der Waals surface area contributed by atoms with Crippen LogP contribution in [-0.2, 0) is 4.79 Å². The van der Waals surface area contributed by atoms with Crippen LogP contribution in [0.15, 0.2) is 47.0 Å². The van der Waals surface area contributed by atoms with E-state index in [2.05, 4.69) is 10.1 Å². The SMILES string of the molecule is O=C1CC(c2nc(-c3ccc(F)c(Cl)c3)no2)CN1c1ccc(F)cc1. The van der Waals surface area contributed by atoms with Crippen LogP contribution in [0.1, 0.15) is 18.2 Å². The van der Waals surface area contributed by atoms with Gasteiger partial charge < -0.3 is 9.42 Å². The summed E-state index contributed by atoms with van der Waals surface area (Å²) >= 11 is 5.78. The predicted molar refractivity (Wildman–Crippen MR) is 90.8 cm³/mol. The molecule has 0 aliphatic carbocycles. The molecule has 1 atom stereocenters. The third kappa shape index (κ3) is 3.06. The van der Waals surface area contributed by atoms with E-state index in [1.165, 1.54) is 30.3 Å². The Bertz CT molecular complexity index is 975. The molecule has 3 aromatic rings. The Kier molecular flexibility index (Phi) is 4.16. The highest BCUT2D eigenvalue weighted by Gasteiger charge is 2.35. The number of amides is 1. The normalized spacial score (nSPS) is 17.1. The molecule has 2 aromatic carbocycles. The summed E-state index contributed by atoms with van der Waals surface area (Å²) in [6, 6.07) is 9.85. The number of carbonyl (C=O) groups excluding carboxylic acids is 1. The van der Waals surface area contributed by atoms with Crippen LogP contribution in [0, 0.1) is 11.6 Å². The van der Waals surface area contributed by atoms with E-state index in [9.17, 15) is 13.6 Å². The Morgan fingerprint density at radius 2 is 1.92 bits per heavy atom. The summed E-state index contributed by atoms with van der Waals surface area (Å²) in [5, 5.41) is 3.85. The van der Waals surface area contributed by atoms with Crippen LogP contribution < -0.4 is 4.90 Å². The van der Waals surface area contributed by atoms with Crippen LogP contribution in [0.3, 0.4) is 0 Å². The van der Waals surface area contributed by atoms with Crippen molar-refractivity contribution in [1.29, 1.82) is 0 Å². The zero-order chi connectivity index (χ0) is 18.3. The van der Waals surface area contributed by atoms with Gasteiger partial charge in [-0.25, -0.2) is 8.78 Å². The molecular formula is C18H12ClF2N3O2. The topological polar surface area (TPSA) is 59.2 Å².